The monoisotopic (exact) mass is 415 g/mol. The molecular formula is C24H33NO5. The maximum Gasteiger partial charge on any atom is 0.410 e. The molecule has 0 bridgehead atoms. The van der Waals surface area contributed by atoms with Gasteiger partial charge in [-0.1, -0.05) is 12.1 Å². The quantitative estimate of drug-likeness (QED) is 0.595. The predicted molar refractivity (Wildman–Crippen MR) is 112 cm³/mol. The maximum atomic E-state index is 12.2. The first-order valence-electron chi connectivity index (χ1n) is 11.2. The molecule has 2 unspecified atom stereocenters. The minimum atomic E-state index is -0.233. The van der Waals surface area contributed by atoms with Gasteiger partial charge in [0, 0.05) is 13.1 Å². The Hall–Kier alpha value is -2.24. The molecule has 1 aromatic carbocycles. The fourth-order valence-corrected chi connectivity index (χ4v) is 4.51. The Labute approximate surface area is 178 Å². The van der Waals surface area contributed by atoms with Crippen molar-refractivity contribution >= 4 is 12.1 Å². The number of hydrogen-bond donors (Lipinski definition) is 0. The van der Waals surface area contributed by atoms with Crippen LogP contribution in [0.15, 0.2) is 24.3 Å². The summed E-state index contributed by atoms with van der Waals surface area (Å²) in [4.78, 5) is 25.4. The van der Waals surface area contributed by atoms with Gasteiger partial charge in [0.2, 0.25) is 0 Å². The maximum absolute atomic E-state index is 12.2. The number of carbonyl (C=O) groups excluding carboxylic acids is 2. The van der Waals surface area contributed by atoms with Crippen molar-refractivity contribution in [1.29, 1.82) is 0 Å². The molecule has 1 aromatic rings. The van der Waals surface area contributed by atoms with E-state index in [9.17, 15) is 9.59 Å². The molecule has 2 saturated carbocycles. The van der Waals surface area contributed by atoms with E-state index in [2.05, 4.69) is 4.74 Å². The molecule has 6 nitrogen and oxygen atoms in total. The molecule has 0 N–H and O–H groups in total. The third-order valence-electron chi connectivity index (χ3n) is 6.93. The number of rotatable bonds is 8. The van der Waals surface area contributed by atoms with Crippen LogP contribution in [0.25, 0.3) is 0 Å². The lowest BCUT2D eigenvalue weighted by Crippen LogP contribution is -2.40. The molecule has 2 aliphatic carbocycles. The largest absolute Gasteiger partial charge is 0.494 e. The van der Waals surface area contributed by atoms with Gasteiger partial charge in [0.25, 0.3) is 0 Å². The van der Waals surface area contributed by atoms with E-state index in [0.29, 0.717) is 0 Å². The van der Waals surface area contributed by atoms with E-state index in [1.807, 2.05) is 36.1 Å². The molecule has 1 aliphatic heterocycles. The third-order valence-corrected chi connectivity index (χ3v) is 6.93. The van der Waals surface area contributed by atoms with Crippen LogP contribution < -0.4 is 4.74 Å². The third kappa shape index (κ3) is 5.46. The Morgan fingerprint density at radius 2 is 1.83 bits per heavy atom. The Balaban J connectivity index is 1.12. The van der Waals surface area contributed by atoms with Crippen LogP contribution >= 0.6 is 0 Å². The molecule has 0 aromatic heterocycles. The highest BCUT2D eigenvalue weighted by Crippen LogP contribution is 2.50. The number of ether oxygens (including phenoxy) is 3. The zero-order valence-electron chi connectivity index (χ0n) is 18.1. The molecule has 30 heavy (non-hydrogen) atoms. The van der Waals surface area contributed by atoms with E-state index in [0.717, 1.165) is 80.9 Å². The van der Waals surface area contributed by atoms with Crippen LogP contribution in [0.3, 0.4) is 0 Å². The van der Waals surface area contributed by atoms with Crippen molar-refractivity contribution < 1.29 is 23.8 Å². The van der Waals surface area contributed by atoms with Gasteiger partial charge in [-0.3, -0.25) is 4.79 Å². The van der Waals surface area contributed by atoms with E-state index in [4.69, 9.17) is 9.47 Å². The molecule has 1 heterocycles. The summed E-state index contributed by atoms with van der Waals surface area (Å²) in [5.74, 6) is 2.88. The normalized spacial score (nSPS) is 24.8. The summed E-state index contributed by atoms with van der Waals surface area (Å²) in [6.07, 6.45) is 6.72. The number of likely N-dealkylation sites (tertiary alicyclic amines) is 1. The van der Waals surface area contributed by atoms with Gasteiger partial charge in [0.15, 0.2) is 0 Å². The Bertz CT molecular complexity index is 749. The fourth-order valence-electron chi connectivity index (χ4n) is 4.51. The van der Waals surface area contributed by atoms with Gasteiger partial charge >= 0.3 is 12.1 Å². The molecule has 1 amide bonds. The summed E-state index contributed by atoms with van der Waals surface area (Å²) in [5, 5.41) is 0. The lowest BCUT2D eigenvalue weighted by Gasteiger charge is -2.32. The summed E-state index contributed by atoms with van der Waals surface area (Å²) in [6.45, 7) is 4.40. The first-order chi connectivity index (χ1) is 14.5. The second-order valence-electron chi connectivity index (χ2n) is 9.34. The Kier molecular flexibility index (Phi) is 6.21. The fraction of sp³-hybridized carbons (Fsp3) is 0.667. The van der Waals surface area contributed by atoms with Gasteiger partial charge in [0.1, 0.15) is 11.4 Å². The number of methoxy groups -OCH3 is 1. The van der Waals surface area contributed by atoms with Crippen molar-refractivity contribution in [3.63, 3.8) is 0 Å². The molecule has 3 aliphatic rings. The number of carbonyl (C=O) groups is 2. The molecular weight excluding hydrogens is 382 g/mol. The lowest BCUT2D eigenvalue weighted by molar-refractivity contribution is -0.139. The Morgan fingerprint density at radius 3 is 2.47 bits per heavy atom. The van der Waals surface area contributed by atoms with Crippen LogP contribution in [0.1, 0.15) is 51.0 Å². The van der Waals surface area contributed by atoms with Gasteiger partial charge in [-0.15, -0.1) is 0 Å². The van der Waals surface area contributed by atoms with E-state index in [-0.39, 0.29) is 24.1 Å². The highest BCUT2D eigenvalue weighted by atomic mass is 16.6. The minimum Gasteiger partial charge on any atom is -0.494 e. The van der Waals surface area contributed by atoms with Crippen molar-refractivity contribution in [2.45, 2.75) is 57.5 Å². The van der Waals surface area contributed by atoms with Gasteiger partial charge in [0.05, 0.1) is 20.1 Å². The topological polar surface area (TPSA) is 65.1 Å². The Morgan fingerprint density at radius 1 is 1.13 bits per heavy atom. The number of benzene rings is 1. The summed E-state index contributed by atoms with van der Waals surface area (Å²) >= 11 is 0. The summed E-state index contributed by atoms with van der Waals surface area (Å²) < 4.78 is 16.2. The smallest absolute Gasteiger partial charge is 0.410 e. The molecule has 1 saturated heterocycles. The van der Waals surface area contributed by atoms with E-state index in [1.54, 1.807) is 0 Å². The van der Waals surface area contributed by atoms with Crippen LogP contribution in [0.4, 0.5) is 4.79 Å². The molecule has 0 radical (unpaired) electrons. The first-order valence-corrected chi connectivity index (χ1v) is 11.2. The number of amides is 1. The minimum absolute atomic E-state index is 0.119. The van der Waals surface area contributed by atoms with Crippen LogP contribution in [0.2, 0.25) is 0 Å². The second kappa shape index (κ2) is 8.86. The highest BCUT2D eigenvalue weighted by molar-refractivity contribution is 5.72. The van der Waals surface area contributed by atoms with Gasteiger partial charge < -0.3 is 19.1 Å². The van der Waals surface area contributed by atoms with Crippen LogP contribution in [0, 0.1) is 17.8 Å². The summed E-state index contributed by atoms with van der Waals surface area (Å²) in [5.41, 5.74) is 0.745. The zero-order valence-corrected chi connectivity index (χ0v) is 18.1. The van der Waals surface area contributed by atoms with Crippen molar-refractivity contribution in [2.75, 3.05) is 26.8 Å². The van der Waals surface area contributed by atoms with Gasteiger partial charge in [-0.05, 0) is 80.9 Å². The molecule has 0 spiro atoms. The summed E-state index contributed by atoms with van der Waals surface area (Å²) in [6, 6.07) is 7.65. The number of esters is 1. The molecule has 4 rings (SSSR count). The molecule has 6 heteroatoms. The molecule has 3 fully saturated rings. The first kappa shape index (κ1) is 21.0. The van der Waals surface area contributed by atoms with Crippen LogP contribution in [-0.4, -0.2) is 49.4 Å². The van der Waals surface area contributed by atoms with Crippen LogP contribution in [0.5, 0.6) is 5.75 Å². The van der Waals surface area contributed by atoms with Crippen molar-refractivity contribution in [3.8, 4) is 5.75 Å². The summed E-state index contributed by atoms with van der Waals surface area (Å²) in [7, 11) is 1.40. The van der Waals surface area contributed by atoms with E-state index < -0.39 is 0 Å². The number of nitrogens with zero attached hydrogens (tertiary/aromatic N) is 1. The van der Waals surface area contributed by atoms with Gasteiger partial charge in [-0.2, -0.15) is 0 Å². The second-order valence-corrected chi connectivity index (χ2v) is 9.34. The average Bonchev–Trinajstić information content (AvgIpc) is 3.67. The number of hydrogen-bond acceptors (Lipinski definition) is 5. The van der Waals surface area contributed by atoms with Gasteiger partial charge in [-0.25, -0.2) is 4.79 Å². The molecule has 2 atom stereocenters. The molecule has 164 valence electrons. The van der Waals surface area contributed by atoms with Crippen molar-refractivity contribution in [2.24, 2.45) is 17.8 Å². The predicted octanol–water partition coefficient (Wildman–Crippen LogP) is 4.21. The van der Waals surface area contributed by atoms with E-state index >= 15 is 0 Å². The number of piperidine rings is 1. The van der Waals surface area contributed by atoms with Crippen LogP contribution in [-0.2, 0) is 20.7 Å². The average molecular weight is 416 g/mol. The standard InChI is InChI=1S/C24H33NO5/c1-24(10-11-24)30-23(27)25-12-7-18(8-13-25)21-16-19(21)9-14-29-20-5-3-17(4-6-20)15-22(26)28-2/h3-6,18-19,21H,7-16H2,1-2H3. The SMILES string of the molecule is COC(=O)Cc1ccc(OCCC2CC2C2CCN(C(=O)OC3(C)CC3)CC2)cc1. The van der Waals surface area contributed by atoms with Crippen molar-refractivity contribution in [3.05, 3.63) is 29.8 Å². The zero-order chi connectivity index (χ0) is 21.1. The lowest BCUT2D eigenvalue weighted by atomic mass is 9.91. The highest BCUT2D eigenvalue weighted by Gasteiger charge is 2.45. The van der Waals surface area contributed by atoms with E-state index in [1.165, 1.54) is 13.5 Å². The van der Waals surface area contributed by atoms with Crippen molar-refractivity contribution in [1.82, 2.24) is 4.90 Å².